The van der Waals surface area contributed by atoms with E-state index in [2.05, 4.69) is 13.8 Å². The second kappa shape index (κ2) is 6.50. The summed E-state index contributed by atoms with van der Waals surface area (Å²) in [7, 11) is 0. The first-order valence-corrected chi connectivity index (χ1v) is 6.01. The van der Waals surface area contributed by atoms with Crippen LogP contribution in [0.15, 0.2) is 24.3 Å². The van der Waals surface area contributed by atoms with Gasteiger partial charge in [-0.3, -0.25) is 4.79 Å². The van der Waals surface area contributed by atoms with Crippen molar-refractivity contribution in [1.29, 1.82) is 0 Å². The van der Waals surface area contributed by atoms with Crippen LogP contribution in [0.1, 0.15) is 32.3 Å². The number of halogens is 1. The maximum absolute atomic E-state index is 12.7. The minimum Gasteiger partial charge on any atom is -0.321 e. The predicted molar refractivity (Wildman–Crippen MR) is 67.2 cm³/mol. The molecular formula is C14H20FNO. The van der Waals surface area contributed by atoms with E-state index in [-0.39, 0.29) is 11.6 Å². The van der Waals surface area contributed by atoms with Gasteiger partial charge in [-0.1, -0.05) is 26.0 Å². The number of carbonyl (C=O) groups is 1. The van der Waals surface area contributed by atoms with E-state index in [0.29, 0.717) is 12.3 Å². The van der Waals surface area contributed by atoms with Crippen molar-refractivity contribution in [3.8, 4) is 0 Å². The SMILES string of the molecule is CC(C)CCC(N)C(=O)Cc1ccc(F)cc1. The molecule has 1 aromatic rings. The molecule has 0 fully saturated rings. The summed E-state index contributed by atoms with van der Waals surface area (Å²) in [5.74, 6) is 0.294. The summed E-state index contributed by atoms with van der Waals surface area (Å²) in [5, 5.41) is 0. The Morgan fingerprint density at radius 1 is 1.24 bits per heavy atom. The number of carbonyl (C=O) groups excluding carboxylic acids is 1. The van der Waals surface area contributed by atoms with Crippen LogP contribution in [0, 0.1) is 11.7 Å². The molecule has 0 aliphatic heterocycles. The molecule has 1 aromatic carbocycles. The van der Waals surface area contributed by atoms with Gasteiger partial charge in [0.1, 0.15) is 5.82 Å². The minimum absolute atomic E-state index is 0.0252. The van der Waals surface area contributed by atoms with E-state index in [1.54, 1.807) is 12.1 Å². The Kier molecular flexibility index (Phi) is 5.29. The van der Waals surface area contributed by atoms with E-state index in [1.807, 2.05) is 0 Å². The highest BCUT2D eigenvalue weighted by Gasteiger charge is 2.14. The Morgan fingerprint density at radius 3 is 2.35 bits per heavy atom. The van der Waals surface area contributed by atoms with Crippen LogP contribution in [0.3, 0.4) is 0 Å². The van der Waals surface area contributed by atoms with E-state index in [1.165, 1.54) is 12.1 Å². The molecule has 17 heavy (non-hydrogen) atoms. The van der Waals surface area contributed by atoms with Crippen molar-refractivity contribution in [2.75, 3.05) is 0 Å². The van der Waals surface area contributed by atoms with Gasteiger partial charge in [-0.15, -0.1) is 0 Å². The fourth-order valence-electron chi connectivity index (χ4n) is 1.61. The predicted octanol–water partition coefficient (Wildman–Crippen LogP) is 2.70. The van der Waals surface area contributed by atoms with Crippen molar-refractivity contribution in [3.05, 3.63) is 35.6 Å². The van der Waals surface area contributed by atoms with E-state index in [4.69, 9.17) is 5.73 Å². The third kappa shape index (κ3) is 5.09. The number of rotatable bonds is 6. The second-order valence-electron chi connectivity index (χ2n) is 4.85. The molecular weight excluding hydrogens is 217 g/mol. The van der Waals surface area contributed by atoms with Crippen LogP contribution in [0.2, 0.25) is 0 Å². The lowest BCUT2D eigenvalue weighted by atomic mass is 9.97. The number of nitrogens with two attached hydrogens (primary N) is 1. The van der Waals surface area contributed by atoms with Crippen molar-refractivity contribution in [2.24, 2.45) is 11.7 Å². The topological polar surface area (TPSA) is 43.1 Å². The first-order chi connectivity index (χ1) is 7.99. The molecule has 0 aromatic heterocycles. The van der Waals surface area contributed by atoms with Gasteiger partial charge in [-0.2, -0.15) is 0 Å². The summed E-state index contributed by atoms with van der Waals surface area (Å²) in [6, 6.07) is 5.58. The van der Waals surface area contributed by atoms with Crippen LogP contribution in [0.25, 0.3) is 0 Å². The van der Waals surface area contributed by atoms with Crippen LogP contribution < -0.4 is 5.73 Å². The summed E-state index contributed by atoms with van der Waals surface area (Å²) in [6.45, 7) is 4.22. The molecule has 1 unspecified atom stereocenters. The Hall–Kier alpha value is -1.22. The van der Waals surface area contributed by atoms with Crippen LogP contribution in [-0.2, 0) is 11.2 Å². The zero-order chi connectivity index (χ0) is 12.8. The average Bonchev–Trinajstić information content (AvgIpc) is 2.28. The van der Waals surface area contributed by atoms with Crippen molar-refractivity contribution in [3.63, 3.8) is 0 Å². The normalized spacial score (nSPS) is 12.8. The Bertz CT molecular complexity index is 359. The number of benzene rings is 1. The number of hydrogen-bond acceptors (Lipinski definition) is 2. The largest absolute Gasteiger partial charge is 0.321 e. The molecule has 2 nitrogen and oxygen atoms in total. The molecule has 0 aliphatic rings. The zero-order valence-electron chi connectivity index (χ0n) is 10.4. The van der Waals surface area contributed by atoms with Crippen molar-refractivity contribution < 1.29 is 9.18 Å². The monoisotopic (exact) mass is 237 g/mol. The number of Topliss-reactive ketones (excluding diaryl/α,β-unsaturated/α-hetero) is 1. The molecule has 2 N–H and O–H groups in total. The lowest BCUT2D eigenvalue weighted by Gasteiger charge is -2.12. The van der Waals surface area contributed by atoms with E-state index in [9.17, 15) is 9.18 Å². The van der Waals surface area contributed by atoms with Crippen LogP contribution in [-0.4, -0.2) is 11.8 Å². The molecule has 1 atom stereocenters. The highest BCUT2D eigenvalue weighted by molar-refractivity contribution is 5.85. The highest BCUT2D eigenvalue weighted by Crippen LogP contribution is 2.09. The van der Waals surface area contributed by atoms with Gasteiger partial charge in [0.2, 0.25) is 0 Å². The first kappa shape index (κ1) is 13.8. The molecule has 0 bridgehead atoms. The maximum Gasteiger partial charge on any atom is 0.153 e. The van der Waals surface area contributed by atoms with Gasteiger partial charge >= 0.3 is 0 Å². The third-order valence-electron chi connectivity index (χ3n) is 2.76. The van der Waals surface area contributed by atoms with E-state index < -0.39 is 6.04 Å². The maximum atomic E-state index is 12.7. The van der Waals surface area contributed by atoms with Gasteiger partial charge in [0.25, 0.3) is 0 Å². The Morgan fingerprint density at radius 2 is 1.82 bits per heavy atom. The van der Waals surface area contributed by atoms with Crippen LogP contribution in [0.5, 0.6) is 0 Å². The zero-order valence-corrected chi connectivity index (χ0v) is 10.4. The summed E-state index contributed by atoms with van der Waals surface area (Å²) >= 11 is 0. The lowest BCUT2D eigenvalue weighted by Crippen LogP contribution is -2.32. The van der Waals surface area contributed by atoms with Crippen LogP contribution in [0.4, 0.5) is 4.39 Å². The molecule has 0 heterocycles. The summed E-state index contributed by atoms with van der Waals surface area (Å²) in [4.78, 5) is 11.8. The molecule has 0 saturated carbocycles. The van der Waals surface area contributed by atoms with Gasteiger partial charge in [-0.05, 0) is 36.5 Å². The van der Waals surface area contributed by atoms with E-state index in [0.717, 1.165) is 18.4 Å². The summed E-state index contributed by atoms with van der Waals surface area (Å²) in [6.07, 6.45) is 1.97. The van der Waals surface area contributed by atoms with E-state index >= 15 is 0 Å². The molecule has 0 saturated heterocycles. The van der Waals surface area contributed by atoms with Gasteiger partial charge in [0.05, 0.1) is 6.04 Å². The molecule has 0 amide bonds. The van der Waals surface area contributed by atoms with Gasteiger partial charge in [-0.25, -0.2) is 4.39 Å². The molecule has 0 aliphatic carbocycles. The minimum atomic E-state index is -0.401. The summed E-state index contributed by atoms with van der Waals surface area (Å²) < 4.78 is 12.7. The molecule has 0 spiro atoms. The second-order valence-corrected chi connectivity index (χ2v) is 4.85. The molecule has 3 heteroatoms. The van der Waals surface area contributed by atoms with Gasteiger partial charge in [0, 0.05) is 6.42 Å². The van der Waals surface area contributed by atoms with Gasteiger partial charge < -0.3 is 5.73 Å². The molecule has 1 rings (SSSR count). The smallest absolute Gasteiger partial charge is 0.153 e. The van der Waals surface area contributed by atoms with Crippen LogP contribution >= 0.6 is 0 Å². The standard InChI is InChI=1S/C14H20FNO/c1-10(2)3-8-13(16)14(17)9-11-4-6-12(15)7-5-11/h4-7,10,13H,3,8-9,16H2,1-2H3. The highest BCUT2D eigenvalue weighted by atomic mass is 19.1. The van der Waals surface area contributed by atoms with Crippen molar-refractivity contribution in [2.45, 2.75) is 39.2 Å². The lowest BCUT2D eigenvalue weighted by molar-refractivity contribution is -0.119. The van der Waals surface area contributed by atoms with Gasteiger partial charge in [0.15, 0.2) is 5.78 Å². The Balaban J connectivity index is 2.45. The average molecular weight is 237 g/mol. The quantitative estimate of drug-likeness (QED) is 0.826. The third-order valence-corrected chi connectivity index (χ3v) is 2.76. The fraction of sp³-hybridized carbons (Fsp3) is 0.500. The number of hydrogen-bond donors (Lipinski definition) is 1. The Labute approximate surface area is 102 Å². The molecule has 0 radical (unpaired) electrons. The van der Waals surface area contributed by atoms with Crippen molar-refractivity contribution >= 4 is 5.78 Å². The number of ketones is 1. The first-order valence-electron chi connectivity index (χ1n) is 6.01. The molecule has 94 valence electrons. The van der Waals surface area contributed by atoms with Crippen molar-refractivity contribution in [1.82, 2.24) is 0 Å². The summed E-state index contributed by atoms with van der Waals surface area (Å²) in [5.41, 5.74) is 6.64. The fourth-order valence-corrected chi connectivity index (χ4v) is 1.61.